The van der Waals surface area contributed by atoms with Gasteiger partial charge in [-0.25, -0.2) is 9.97 Å². The first-order valence-electron chi connectivity index (χ1n) is 8.43. The minimum Gasteiger partial charge on any atom is -0.348 e. The van der Waals surface area contributed by atoms with Crippen LogP contribution in [0.5, 0.6) is 0 Å². The largest absolute Gasteiger partial charge is 0.348 e. The summed E-state index contributed by atoms with van der Waals surface area (Å²) in [5.74, 6) is -0.0894. The second kappa shape index (κ2) is 6.80. The molecule has 0 spiro atoms. The van der Waals surface area contributed by atoms with Crippen molar-refractivity contribution in [1.29, 1.82) is 0 Å². The molecule has 128 valence electrons. The van der Waals surface area contributed by atoms with E-state index < -0.39 is 0 Å². The second-order valence-corrected chi connectivity index (χ2v) is 6.12. The molecule has 1 N–H and O–H groups in total. The lowest BCUT2D eigenvalue weighted by Crippen LogP contribution is -2.23. The summed E-state index contributed by atoms with van der Waals surface area (Å²) in [5.41, 5.74) is 5.47. The molecule has 0 atom stereocenters. The second-order valence-electron chi connectivity index (χ2n) is 6.12. The van der Waals surface area contributed by atoms with Gasteiger partial charge in [0.1, 0.15) is 11.8 Å². The van der Waals surface area contributed by atoms with Crippen molar-refractivity contribution in [2.24, 2.45) is 0 Å². The third-order valence-electron chi connectivity index (χ3n) is 4.41. The van der Waals surface area contributed by atoms with Gasteiger partial charge < -0.3 is 5.32 Å². The Bertz CT molecular complexity index is 1070. The molecule has 0 aliphatic rings. The maximum atomic E-state index is 12.4. The zero-order valence-corrected chi connectivity index (χ0v) is 14.4. The van der Waals surface area contributed by atoms with Crippen LogP contribution in [0.1, 0.15) is 21.5 Å². The Balaban J connectivity index is 1.50. The molecular weight excluding hydrogens is 324 g/mol. The number of carbonyl (C=O) groups is 1. The van der Waals surface area contributed by atoms with Crippen molar-refractivity contribution in [2.75, 3.05) is 0 Å². The summed E-state index contributed by atoms with van der Waals surface area (Å²) in [5, 5.41) is 2.97. The molecular formula is C21H18N4O. The van der Waals surface area contributed by atoms with Gasteiger partial charge in [-0.2, -0.15) is 0 Å². The number of aryl methyl sites for hydroxylation is 1. The van der Waals surface area contributed by atoms with Crippen LogP contribution in [-0.4, -0.2) is 20.4 Å². The van der Waals surface area contributed by atoms with Crippen molar-refractivity contribution in [3.63, 3.8) is 0 Å². The van der Waals surface area contributed by atoms with E-state index in [9.17, 15) is 4.79 Å². The minimum absolute atomic E-state index is 0.0894. The SMILES string of the molecule is Cc1ccccc1CNC(=O)c1ccc(-n2cnc3cccnc32)cc1. The van der Waals surface area contributed by atoms with E-state index in [1.165, 1.54) is 5.56 Å². The number of hydrogen-bond acceptors (Lipinski definition) is 3. The fourth-order valence-electron chi connectivity index (χ4n) is 2.90. The molecule has 2 heterocycles. The summed E-state index contributed by atoms with van der Waals surface area (Å²) in [4.78, 5) is 21.1. The van der Waals surface area contributed by atoms with Crippen LogP contribution in [0.15, 0.2) is 73.2 Å². The molecule has 0 saturated heterocycles. The number of pyridine rings is 1. The highest BCUT2D eigenvalue weighted by atomic mass is 16.1. The van der Waals surface area contributed by atoms with Crippen LogP contribution < -0.4 is 5.32 Å². The van der Waals surface area contributed by atoms with Gasteiger partial charge in [-0.05, 0) is 54.4 Å². The number of hydrogen-bond donors (Lipinski definition) is 1. The van der Waals surface area contributed by atoms with Crippen LogP contribution in [0.25, 0.3) is 16.9 Å². The van der Waals surface area contributed by atoms with Crippen molar-refractivity contribution < 1.29 is 4.79 Å². The molecule has 26 heavy (non-hydrogen) atoms. The van der Waals surface area contributed by atoms with E-state index in [1.807, 2.05) is 72.2 Å². The van der Waals surface area contributed by atoms with Crippen LogP contribution in [0.2, 0.25) is 0 Å². The Morgan fingerprint density at radius 1 is 1.00 bits per heavy atom. The van der Waals surface area contributed by atoms with Crippen LogP contribution in [-0.2, 0) is 6.54 Å². The molecule has 0 bridgehead atoms. The zero-order valence-electron chi connectivity index (χ0n) is 14.4. The molecule has 1 amide bonds. The predicted molar refractivity (Wildman–Crippen MR) is 101 cm³/mol. The summed E-state index contributed by atoms with van der Waals surface area (Å²) in [6, 6.07) is 19.3. The third kappa shape index (κ3) is 3.07. The summed E-state index contributed by atoms with van der Waals surface area (Å²) < 4.78 is 1.91. The van der Waals surface area contributed by atoms with E-state index in [2.05, 4.69) is 15.3 Å². The molecule has 0 aliphatic carbocycles. The average molecular weight is 342 g/mol. The highest BCUT2D eigenvalue weighted by molar-refractivity contribution is 5.94. The van der Waals surface area contributed by atoms with Gasteiger partial charge >= 0.3 is 0 Å². The fraction of sp³-hybridized carbons (Fsp3) is 0.0952. The quantitative estimate of drug-likeness (QED) is 0.616. The molecule has 0 fully saturated rings. The summed E-state index contributed by atoms with van der Waals surface area (Å²) in [7, 11) is 0. The van der Waals surface area contributed by atoms with Gasteiger partial charge in [0.15, 0.2) is 5.65 Å². The maximum absolute atomic E-state index is 12.4. The van der Waals surface area contributed by atoms with E-state index in [4.69, 9.17) is 0 Å². The van der Waals surface area contributed by atoms with Gasteiger partial charge in [0.05, 0.1) is 0 Å². The van der Waals surface area contributed by atoms with Crippen LogP contribution >= 0.6 is 0 Å². The van der Waals surface area contributed by atoms with Crippen molar-refractivity contribution in [1.82, 2.24) is 19.9 Å². The Labute approximate surface area is 151 Å². The van der Waals surface area contributed by atoms with Gasteiger partial charge in [0.25, 0.3) is 5.91 Å². The number of carbonyl (C=O) groups excluding carboxylic acids is 1. The molecule has 2 aromatic heterocycles. The monoisotopic (exact) mass is 342 g/mol. The molecule has 5 heteroatoms. The fourth-order valence-corrected chi connectivity index (χ4v) is 2.90. The normalized spacial score (nSPS) is 10.8. The first-order valence-corrected chi connectivity index (χ1v) is 8.43. The average Bonchev–Trinajstić information content (AvgIpc) is 3.11. The minimum atomic E-state index is -0.0894. The van der Waals surface area contributed by atoms with Gasteiger partial charge in [-0.1, -0.05) is 24.3 Å². The van der Waals surface area contributed by atoms with Crippen molar-refractivity contribution >= 4 is 17.1 Å². The molecule has 4 rings (SSSR count). The smallest absolute Gasteiger partial charge is 0.251 e. The zero-order chi connectivity index (χ0) is 17.9. The van der Waals surface area contributed by atoms with Gasteiger partial charge in [0.2, 0.25) is 0 Å². The molecule has 5 nitrogen and oxygen atoms in total. The topological polar surface area (TPSA) is 59.8 Å². The Kier molecular flexibility index (Phi) is 4.19. The number of nitrogens with one attached hydrogen (secondary N) is 1. The van der Waals surface area contributed by atoms with Crippen molar-refractivity contribution in [3.8, 4) is 5.69 Å². The highest BCUT2D eigenvalue weighted by Crippen LogP contribution is 2.16. The van der Waals surface area contributed by atoms with Crippen LogP contribution in [0, 0.1) is 6.92 Å². The maximum Gasteiger partial charge on any atom is 0.251 e. The van der Waals surface area contributed by atoms with E-state index in [-0.39, 0.29) is 5.91 Å². The lowest BCUT2D eigenvalue weighted by atomic mass is 10.1. The van der Waals surface area contributed by atoms with Crippen LogP contribution in [0.4, 0.5) is 0 Å². The van der Waals surface area contributed by atoms with Gasteiger partial charge in [-0.3, -0.25) is 9.36 Å². The van der Waals surface area contributed by atoms with Gasteiger partial charge in [0, 0.05) is 24.0 Å². The Hall–Kier alpha value is -3.47. The molecule has 2 aromatic carbocycles. The standard InChI is InChI=1S/C21H18N4O/c1-15-5-2-3-6-17(15)13-23-21(26)16-8-10-18(11-9-16)25-14-24-19-7-4-12-22-20(19)25/h2-12,14H,13H2,1H3,(H,23,26). The lowest BCUT2D eigenvalue weighted by molar-refractivity contribution is 0.0951. The lowest BCUT2D eigenvalue weighted by Gasteiger charge is -2.09. The number of fused-ring (bicyclic) bond motifs is 1. The van der Waals surface area contributed by atoms with E-state index >= 15 is 0 Å². The van der Waals surface area contributed by atoms with E-state index in [1.54, 1.807) is 12.5 Å². The number of nitrogens with zero attached hydrogens (tertiary/aromatic N) is 3. The summed E-state index contributed by atoms with van der Waals surface area (Å²) in [6.45, 7) is 2.56. The third-order valence-corrected chi connectivity index (χ3v) is 4.41. The molecule has 0 saturated carbocycles. The number of aromatic nitrogens is 3. The molecule has 0 radical (unpaired) electrons. The van der Waals surface area contributed by atoms with E-state index in [0.29, 0.717) is 12.1 Å². The number of amides is 1. The molecule has 4 aromatic rings. The first-order chi connectivity index (χ1) is 12.7. The van der Waals surface area contributed by atoms with E-state index in [0.717, 1.165) is 22.4 Å². The Morgan fingerprint density at radius 2 is 1.81 bits per heavy atom. The summed E-state index contributed by atoms with van der Waals surface area (Å²) >= 11 is 0. The predicted octanol–water partition coefficient (Wildman–Crippen LogP) is 3.66. The number of imidazole rings is 1. The number of rotatable bonds is 4. The summed E-state index contributed by atoms with van der Waals surface area (Å²) in [6.07, 6.45) is 3.48. The molecule has 0 unspecified atom stereocenters. The van der Waals surface area contributed by atoms with Crippen molar-refractivity contribution in [3.05, 3.63) is 89.9 Å². The number of benzene rings is 2. The highest BCUT2D eigenvalue weighted by Gasteiger charge is 2.08. The Morgan fingerprint density at radius 3 is 2.62 bits per heavy atom. The van der Waals surface area contributed by atoms with Crippen LogP contribution in [0.3, 0.4) is 0 Å². The molecule has 0 aliphatic heterocycles. The first kappa shape index (κ1) is 16.0. The van der Waals surface area contributed by atoms with Gasteiger partial charge in [-0.15, -0.1) is 0 Å². The van der Waals surface area contributed by atoms with Crippen molar-refractivity contribution in [2.45, 2.75) is 13.5 Å².